The molecule has 1 aliphatic heterocycles. The first-order chi connectivity index (χ1) is 16.4. The van der Waals surface area contributed by atoms with E-state index in [1.807, 2.05) is 37.3 Å². The molecule has 174 valence electrons. The largest absolute Gasteiger partial charge is 0.485 e. The maximum absolute atomic E-state index is 12.7. The molecule has 0 saturated carbocycles. The van der Waals surface area contributed by atoms with Crippen molar-refractivity contribution in [2.24, 2.45) is 0 Å². The van der Waals surface area contributed by atoms with Crippen molar-refractivity contribution in [3.05, 3.63) is 88.9 Å². The van der Waals surface area contributed by atoms with Crippen LogP contribution in [0.1, 0.15) is 28.9 Å². The van der Waals surface area contributed by atoms with Crippen molar-refractivity contribution in [1.82, 2.24) is 5.32 Å². The second kappa shape index (κ2) is 10.4. The Kier molecular flexibility index (Phi) is 7.13. The van der Waals surface area contributed by atoms with E-state index in [2.05, 4.69) is 5.32 Å². The van der Waals surface area contributed by atoms with Gasteiger partial charge in [-0.1, -0.05) is 41.9 Å². The van der Waals surface area contributed by atoms with Crippen molar-refractivity contribution in [2.75, 3.05) is 24.7 Å². The van der Waals surface area contributed by atoms with E-state index in [1.54, 1.807) is 42.5 Å². The lowest BCUT2D eigenvalue weighted by atomic mass is 10.1. The lowest BCUT2D eigenvalue weighted by Crippen LogP contribution is -2.45. The fraction of sp³-hybridized carbons (Fsp3) is 0.192. The maximum Gasteiger partial charge on any atom is 0.265 e. The van der Waals surface area contributed by atoms with Crippen LogP contribution in [0.3, 0.4) is 0 Å². The van der Waals surface area contributed by atoms with Crippen LogP contribution >= 0.6 is 11.6 Å². The number of Topliss-reactive ketones (excluding diaryl/α,β-unsaturated/α-hetero) is 1. The monoisotopic (exact) mass is 478 g/mol. The summed E-state index contributed by atoms with van der Waals surface area (Å²) in [5.41, 5.74) is 1.67. The summed E-state index contributed by atoms with van der Waals surface area (Å²) in [6.45, 7) is 1.32. The van der Waals surface area contributed by atoms with Crippen LogP contribution in [0.5, 0.6) is 11.5 Å². The van der Waals surface area contributed by atoms with Gasteiger partial charge < -0.3 is 14.8 Å². The molecular formula is C26H23ClN2O5. The quantitative estimate of drug-likeness (QED) is 0.490. The topological polar surface area (TPSA) is 84.9 Å². The van der Waals surface area contributed by atoms with Gasteiger partial charge in [0.15, 0.2) is 19.0 Å². The lowest BCUT2D eigenvalue weighted by Gasteiger charge is -2.29. The number of nitrogens with one attached hydrogen (secondary N) is 1. The highest BCUT2D eigenvalue weighted by molar-refractivity contribution is 6.30. The highest BCUT2D eigenvalue weighted by Gasteiger charge is 2.28. The first-order valence-corrected chi connectivity index (χ1v) is 11.1. The number of ether oxygens (including phenoxy) is 2. The lowest BCUT2D eigenvalue weighted by molar-refractivity contribution is -0.125. The Morgan fingerprint density at radius 3 is 2.56 bits per heavy atom. The number of ketones is 1. The van der Waals surface area contributed by atoms with E-state index < -0.39 is 0 Å². The number of hydrogen-bond donors (Lipinski definition) is 1. The second-order valence-electron chi connectivity index (χ2n) is 7.82. The van der Waals surface area contributed by atoms with E-state index in [1.165, 1.54) is 4.90 Å². The molecule has 0 aromatic heterocycles. The minimum absolute atomic E-state index is 0.179. The Hall–Kier alpha value is -3.84. The van der Waals surface area contributed by atoms with Gasteiger partial charge in [-0.15, -0.1) is 0 Å². The maximum atomic E-state index is 12.7. The van der Waals surface area contributed by atoms with Gasteiger partial charge >= 0.3 is 0 Å². The Labute approximate surface area is 202 Å². The molecular weight excluding hydrogens is 456 g/mol. The van der Waals surface area contributed by atoms with Crippen molar-refractivity contribution in [3.8, 4) is 11.5 Å². The summed E-state index contributed by atoms with van der Waals surface area (Å²) in [4.78, 5) is 39.3. The van der Waals surface area contributed by atoms with Gasteiger partial charge in [0.1, 0.15) is 18.0 Å². The number of carbonyl (C=O) groups excluding carboxylic acids is 3. The summed E-state index contributed by atoms with van der Waals surface area (Å²) in [7, 11) is 0. The zero-order chi connectivity index (χ0) is 24.1. The number of hydrogen-bond acceptors (Lipinski definition) is 5. The van der Waals surface area contributed by atoms with Crippen molar-refractivity contribution >= 4 is 34.9 Å². The molecule has 2 amide bonds. The van der Waals surface area contributed by atoms with Crippen molar-refractivity contribution in [3.63, 3.8) is 0 Å². The number of halogens is 1. The highest BCUT2D eigenvalue weighted by atomic mass is 35.5. The number of amides is 2. The van der Waals surface area contributed by atoms with Gasteiger partial charge in [0, 0.05) is 10.6 Å². The van der Waals surface area contributed by atoms with Crippen LogP contribution < -0.4 is 19.7 Å². The molecule has 0 spiro atoms. The molecule has 1 N–H and O–H groups in total. The molecule has 0 fully saturated rings. The fourth-order valence-electron chi connectivity index (χ4n) is 3.57. The van der Waals surface area contributed by atoms with Gasteiger partial charge in [0.25, 0.3) is 5.91 Å². The van der Waals surface area contributed by atoms with E-state index >= 15 is 0 Å². The third-order valence-corrected chi connectivity index (χ3v) is 5.64. The van der Waals surface area contributed by atoms with Crippen molar-refractivity contribution in [1.29, 1.82) is 0 Å². The van der Waals surface area contributed by atoms with Gasteiger partial charge in [-0.2, -0.15) is 0 Å². The minimum Gasteiger partial charge on any atom is -0.485 e. The number of nitrogens with zero attached hydrogens (tertiary/aromatic N) is 1. The smallest absolute Gasteiger partial charge is 0.265 e. The van der Waals surface area contributed by atoms with Crippen LogP contribution in [0.4, 0.5) is 5.69 Å². The summed E-state index contributed by atoms with van der Waals surface area (Å²) in [5, 5.41) is 3.47. The summed E-state index contributed by atoms with van der Waals surface area (Å²) in [6, 6.07) is 20.8. The van der Waals surface area contributed by atoms with Gasteiger partial charge in [0.05, 0.1) is 11.7 Å². The number of rotatable bonds is 8. The number of carbonyl (C=O) groups is 3. The van der Waals surface area contributed by atoms with Gasteiger partial charge in [0.2, 0.25) is 5.91 Å². The van der Waals surface area contributed by atoms with Crippen molar-refractivity contribution < 1.29 is 23.9 Å². The molecule has 0 saturated heterocycles. The molecule has 1 heterocycles. The molecule has 4 rings (SSSR count). The van der Waals surface area contributed by atoms with Crippen LogP contribution in [0, 0.1) is 0 Å². The third kappa shape index (κ3) is 5.55. The normalized spacial score (nSPS) is 13.5. The SMILES string of the molecule is C[C@H](NC(=O)CN1C(=O)COc2ccc(C(=O)COc3ccc(Cl)cc3)cc21)c1ccccc1. The molecule has 0 unspecified atom stereocenters. The Morgan fingerprint density at radius 2 is 1.82 bits per heavy atom. The molecule has 1 atom stereocenters. The predicted octanol–water partition coefficient (Wildman–Crippen LogP) is 4.20. The van der Waals surface area contributed by atoms with E-state index in [4.69, 9.17) is 21.1 Å². The zero-order valence-electron chi connectivity index (χ0n) is 18.5. The average molecular weight is 479 g/mol. The minimum atomic E-state index is -0.364. The van der Waals surface area contributed by atoms with E-state index in [0.717, 1.165) is 5.56 Å². The average Bonchev–Trinajstić information content (AvgIpc) is 2.85. The number of benzene rings is 3. The summed E-state index contributed by atoms with van der Waals surface area (Å²) >= 11 is 5.86. The molecule has 1 aliphatic rings. The standard InChI is InChI=1S/C26H23ClN2O5/c1-17(18-5-3-2-4-6-18)28-25(31)14-29-22-13-19(7-12-24(22)34-16-26(29)32)23(30)15-33-21-10-8-20(27)9-11-21/h2-13,17H,14-16H2,1H3,(H,28,31)/t17-/m0/s1. The summed E-state index contributed by atoms with van der Waals surface area (Å²) in [5.74, 6) is -0.0195. The molecule has 0 radical (unpaired) electrons. The van der Waals surface area contributed by atoms with E-state index in [9.17, 15) is 14.4 Å². The van der Waals surface area contributed by atoms with E-state index in [-0.39, 0.29) is 43.4 Å². The second-order valence-corrected chi connectivity index (χ2v) is 8.25. The van der Waals surface area contributed by atoms with Crippen LogP contribution in [0.15, 0.2) is 72.8 Å². The molecule has 34 heavy (non-hydrogen) atoms. The van der Waals surface area contributed by atoms with Crippen molar-refractivity contribution in [2.45, 2.75) is 13.0 Å². The van der Waals surface area contributed by atoms with Crippen LogP contribution in [0.2, 0.25) is 5.02 Å². The molecule has 7 nitrogen and oxygen atoms in total. The van der Waals surface area contributed by atoms with Gasteiger partial charge in [-0.3, -0.25) is 19.3 Å². The zero-order valence-corrected chi connectivity index (χ0v) is 19.2. The Morgan fingerprint density at radius 1 is 1.09 bits per heavy atom. The summed E-state index contributed by atoms with van der Waals surface area (Å²) < 4.78 is 11.0. The molecule has 0 bridgehead atoms. The Bertz CT molecular complexity index is 1200. The Balaban J connectivity index is 1.45. The molecule has 3 aromatic rings. The van der Waals surface area contributed by atoms with E-state index in [0.29, 0.717) is 27.8 Å². The number of fused-ring (bicyclic) bond motifs is 1. The first kappa shape index (κ1) is 23.3. The molecule has 8 heteroatoms. The molecule has 0 aliphatic carbocycles. The van der Waals surface area contributed by atoms with Gasteiger partial charge in [-0.05, 0) is 55.0 Å². The first-order valence-electron chi connectivity index (χ1n) is 10.7. The highest BCUT2D eigenvalue weighted by Crippen LogP contribution is 2.33. The fourth-order valence-corrected chi connectivity index (χ4v) is 3.69. The number of anilines is 1. The molecule has 3 aromatic carbocycles. The third-order valence-electron chi connectivity index (χ3n) is 5.39. The van der Waals surface area contributed by atoms with Crippen LogP contribution in [0.25, 0.3) is 0 Å². The van der Waals surface area contributed by atoms with Crippen LogP contribution in [-0.4, -0.2) is 37.4 Å². The summed E-state index contributed by atoms with van der Waals surface area (Å²) in [6.07, 6.45) is 0. The van der Waals surface area contributed by atoms with Crippen LogP contribution in [-0.2, 0) is 9.59 Å². The predicted molar refractivity (Wildman–Crippen MR) is 129 cm³/mol. The van der Waals surface area contributed by atoms with Gasteiger partial charge in [-0.25, -0.2) is 0 Å².